The summed E-state index contributed by atoms with van der Waals surface area (Å²) in [4.78, 5) is 0. The number of hydrogen-bond donors (Lipinski definition) is 1. The molecule has 0 atom stereocenters. The summed E-state index contributed by atoms with van der Waals surface area (Å²) in [6, 6.07) is 5.98. The van der Waals surface area contributed by atoms with Crippen molar-refractivity contribution in [1.29, 1.82) is 0 Å². The molecule has 0 heterocycles. The zero-order valence-corrected chi connectivity index (χ0v) is 13.8. The maximum Gasteiger partial charge on any atom is 0.165 e. The molecule has 120 valence electrons. The zero-order chi connectivity index (χ0) is 15.5. The molecule has 0 fully saturated rings. The summed E-state index contributed by atoms with van der Waals surface area (Å²) in [5.41, 5.74) is 1.12. The van der Waals surface area contributed by atoms with Crippen molar-refractivity contribution in [2.24, 2.45) is 5.92 Å². The summed E-state index contributed by atoms with van der Waals surface area (Å²) in [6.07, 6.45) is 1.11. The van der Waals surface area contributed by atoms with E-state index in [0.717, 1.165) is 43.2 Å². The van der Waals surface area contributed by atoms with Crippen LogP contribution in [-0.2, 0) is 11.3 Å². The SMILES string of the molecule is CCCNCc1cccc(OC)c1OCCOCC(C)C. The van der Waals surface area contributed by atoms with E-state index >= 15 is 0 Å². The monoisotopic (exact) mass is 295 g/mol. The molecule has 4 heteroatoms. The Hall–Kier alpha value is -1.26. The fourth-order valence-corrected chi connectivity index (χ4v) is 1.95. The second-order valence-electron chi connectivity index (χ2n) is 5.44. The highest BCUT2D eigenvalue weighted by Gasteiger charge is 2.10. The fraction of sp³-hybridized carbons (Fsp3) is 0.647. The van der Waals surface area contributed by atoms with E-state index in [4.69, 9.17) is 14.2 Å². The van der Waals surface area contributed by atoms with Crippen molar-refractivity contribution in [2.45, 2.75) is 33.7 Å². The van der Waals surface area contributed by atoms with Gasteiger partial charge in [-0.15, -0.1) is 0 Å². The molecule has 0 bridgehead atoms. The third-order valence-electron chi connectivity index (χ3n) is 2.95. The van der Waals surface area contributed by atoms with Crippen molar-refractivity contribution >= 4 is 0 Å². The van der Waals surface area contributed by atoms with Crippen molar-refractivity contribution in [3.63, 3.8) is 0 Å². The van der Waals surface area contributed by atoms with Crippen LogP contribution in [-0.4, -0.2) is 33.5 Å². The van der Waals surface area contributed by atoms with Crippen LogP contribution in [0.4, 0.5) is 0 Å². The van der Waals surface area contributed by atoms with Crippen LogP contribution in [0.1, 0.15) is 32.8 Å². The molecule has 21 heavy (non-hydrogen) atoms. The average molecular weight is 295 g/mol. The molecule has 1 N–H and O–H groups in total. The Morgan fingerprint density at radius 1 is 1.19 bits per heavy atom. The normalized spacial score (nSPS) is 10.9. The van der Waals surface area contributed by atoms with Crippen LogP contribution in [0.2, 0.25) is 0 Å². The van der Waals surface area contributed by atoms with Crippen LogP contribution in [0.3, 0.4) is 0 Å². The molecule has 0 aliphatic heterocycles. The summed E-state index contributed by atoms with van der Waals surface area (Å²) < 4.78 is 16.8. The van der Waals surface area contributed by atoms with Crippen molar-refractivity contribution in [3.8, 4) is 11.5 Å². The van der Waals surface area contributed by atoms with Gasteiger partial charge in [0.15, 0.2) is 11.5 Å². The molecule has 0 aliphatic carbocycles. The molecule has 0 amide bonds. The van der Waals surface area contributed by atoms with Gasteiger partial charge in [0.05, 0.1) is 13.7 Å². The standard InChI is InChI=1S/C17H29NO3/c1-5-9-18-12-15-7-6-8-16(19-4)17(15)21-11-10-20-13-14(2)3/h6-8,14,18H,5,9-13H2,1-4H3. The number of para-hydroxylation sites is 1. The van der Waals surface area contributed by atoms with E-state index in [1.54, 1.807) is 7.11 Å². The predicted octanol–water partition coefficient (Wildman–Crippen LogP) is 3.25. The lowest BCUT2D eigenvalue weighted by Gasteiger charge is -2.16. The molecular formula is C17H29NO3. The molecule has 1 rings (SSSR count). The first kappa shape index (κ1) is 17.8. The van der Waals surface area contributed by atoms with Crippen LogP contribution in [0, 0.1) is 5.92 Å². The highest BCUT2D eigenvalue weighted by atomic mass is 16.5. The summed E-state index contributed by atoms with van der Waals surface area (Å²) >= 11 is 0. The van der Waals surface area contributed by atoms with Crippen molar-refractivity contribution in [2.75, 3.05) is 33.5 Å². The Morgan fingerprint density at radius 2 is 2.00 bits per heavy atom. The van der Waals surface area contributed by atoms with E-state index in [-0.39, 0.29) is 0 Å². The molecule has 1 aromatic carbocycles. The third kappa shape index (κ3) is 6.82. The van der Waals surface area contributed by atoms with Gasteiger partial charge in [0, 0.05) is 18.7 Å². The molecule has 1 aromatic rings. The van der Waals surface area contributed by atoms with E-state index in [2.05, 4.69) is 32.2 Å². The van der Waals surface area contributed by atoms with Gasteiger partial charge in [-0.25, -0.2) is 0 Å². The van der Waals surface area contributed by atoms with Gasteiger partial charge in [-0.05, 0) is 24.9 Å². The van der Waals surface area contributed by atoms with Crippen molar-refractivity contribution in [3.05, 3.63) is 23.8 Å². The average Bonchev–Trinajstić information content (AvgIpc) is 2.47. The number of ether oxygens (including phenoxy) is 3. The lowest BCUT2D eigenvalue weighted by atomic mass is 10.2. The minimum Gasteiger partial charge on any atom is -0.493 e. The van der Waals surface area contributed by atoms with E-state index in [0.29, 0.717) is 19.1 Å². The van der Waals surface area contributed by atoms with Crippen LogP contribution < -0.4 is 14.8 Å². The van der Waals surface area contributed by atoms with Crippen LogP contribution >= 0.6 is 0 Å². The summed E-state index contributed by atoms with van der Waals surface area (Å²) in [7, 11) is 1.67. The second kappa shape index (κ2) is 10.5. The van der Waals surface area contributed by atoms with Crippen LogP contribution in [0.25, 0.3) is 0 Å². The Balaban J connectivity index is 2.55. The Kier molecular flexibility index (Phi) is 8.87. The summed E-state index contributed by atoms with van der Waals surface area (Å²) in [5.74, 6) is 2.14. The van der Waals surface area contributed by atoms with E-state index in [1.165, 1.54) is 0 Å². The summed E-state index contributed by atoms with van der Waals surface area (Å²) in [5, 5.41) is 3.39. The van der Waals surface area contributed by atoms with E-state index < -0.39 is 0 Å². The smallest absolute Gasteiger partial charge is 0.165 e. The molecule has 0 saturated heterocycles. The molecule has 0 radical (unpaired) electrons. The Morgan fingerprint density at radius 3 is 2.67 bits per heavy atom. The number of hydrogen-bond acceptors (Lipinski definition) is 4. The quantitative estimate of drug-likeness (QED) is 0.636. The van der Waals surface area contributed by atoms with E-state index in [9.17, 15) is 0 Å². The number of benzene rings is 1. The van der Waals surface area contributed by atoms with Crippen LogP contribution in [0.5, 0.6) is 11.5 Å². The van der Waals surface area contributed by atoms with Gasteiger partial charge in [0.2, 0.25) is 0 Å². The van der Waals surface area contributed by atoms with Crippen molar-refractivity contribution < 1.29 is 14.2 Å². The zero-order valence-electron chi connectivity index (χ0n) is 13.8. The van der Waals surface area contributed by atoms with Gasteiger partial charge in [0.1, 0.15) is 6.61 Å². The van der Waals surface area contributed by atoms with Crippen molar-refractivity contribution in [1.82, 2.24) is 5.32 Å². The first-order chi connectivity index (χ1) is 10.2. The lowest BCUT2D eigenvalue weighted by molar-refractivity contribution is 0.0807. The Bertz CT molecular complexity index is 394. The first-order valence-electron chi connectivity index (χ1n) is 7.76. The maximum atomic E-state index is 5.88. The first-order valence-corrected chi connectivity index (χ1v) is 7.76. The topological polar surface area (TPSA) is 39.7 Å². The van der Waals surface area contributed by atoms with Crippen LogP contribution in [0.15, 0.2) is 18.2 Å². The molecule has 0 aliphatic rings. The highest BCUT2D eigenvalue weighted by Crippen LogP contribution is 2.31. The van der Waals surface area contributed by atoms with Gasteiger partial charge in [-0.1, -0.05) is 32.9 Å². The Labute approximate surface area is 128 Å². The maximum absolute atomic E-state index is 5.88. The van der Waals surface area contributed by atoms with Gasteiger partial charge < -0.3 is 19.5 Å². The van der Waals surface area contributed by atoms with E-state index in [1.807, 2.05) is 12.1 Å². The number of nitrogens with one attached hydrogen (secondary N) is 1. The van der Waals surface area contributed by atoms with Gasteiger partial charge in [0.25, 0.3) is 0 Å². The molecule has 0 spiro atoms. The minimum atomic E-state index is 0.536. The highest BCUT2D eigenvalue weighted by molar-refractivity contribution is 5.46. The molecule has 4 nitrogen and oxygen atoms in total. The summed E-state index contributed by atoms with van der Waals surface area (Å²) in [6.45, 7) is 10.1. The number of methoxy groups -OCH3 is 1. The molecule has 0 aromatic heterocycles. The molecule has 0 unspecified atom stereocenters. The fourth-order valence-electron chi connectivity index (χ4n) is 1.95. The third-order valence-corrected chi connectivity index (χ3v) is 2.95. The lowest BCUT2D eigenvalue weighted by Crippen LogP contribution is -2.16. The molecule has 0 saturated carbocycles. The minimum absolute atomic E-state index is 0.536. The van der Waals surface area contributed by atoms with Gasteiger partial charge in [-0.2, -0.15) is 0 Å². The van der Waals surface area contributed by atoms with Gasteiger partial charge in [-0.3, -0.25) is 0 Å². The predicted molar refractivity (Wildman–Crippen MR) is 86.1 cm³/mol. The molecular weight excluding hydrogens is 266 g/mol. The van der Waals surface area contributed by atoms with Gasteiger partial charge >= 0.3 is 0 Å². The second-order valence-corrected chi connectivity index (χ2v) is 5.44. The largest absolute Gasteiger partial charge is 0.493 e. The number of rotatable bonds is 11.